The van der Waals surface area contributed by atoms with Gasteiger partial charge in [0.25, 0.3) is 0 Å². The van der Waals surface area contributed by atoms with E-state index in [0.29, 0.717) is 0 Å². The van der Waals surface area contributed by atoms with E-state index in [4.69, 9.17) is 0 Å². The summed E-state index contributed by atoms with van der Waals surface area (Å²) in [6.07, 6.45) is 0. The van der Waals surface area contributed by atoms with Crippen LogP contribution in [0.4, 0.5) is 4.39 Å². The first-order valence-corrected chi connectivity index (χ1v) is 0.974. The Balaban J connectivity index is 0. The van der Waals surface area contributed by atoms with Crippen molar-refractivity contribution in [2.24, 2.45) is 0 Å². The number of hydrogen-bond acceptors (Lipinski definition) is 0. The SMILES string of the molecule is CCF.O. The molecule has 0 unspecified atom stereocenters. The summed E-state index contributed by atoms with van der Waals surface area (Å²) < 4.78 is 10.3. The Hall–Kier alpha value is -0.110. The first kappa shape index (κ1) is 9.10. The third-order valence-electron chi connectivity index (χ3n) is 0. The molecule has 1 nitrogen and oxygen atoms in total. The van der Waals surface area contributed by atoms with Crippen LogP contribution >= 0.6 is 0 Å². The van der Waals surface area contributed by atoms with Gasteiger partial charge in [-0.15, -0.1) is 0 Å². The van der Waals surface area contributed by atoms with Crippen molar-refractivity contribution in [2.45, 2.75) is 6.92 Å². The molecule has 0 atom stereocenters. The molecule has 4 heavy (non-hydrogen) atoms. The van der Waals surface area contributed by atoms with E-state index in [9.17, 15) is 4.39 Å². The zero-order valence-electron chi connectivity index (χ0n) is 2.59. The second-order valence-corrected chi connectivity index (χ2v) is 0.267. The molecule has 0 heterocycles. The average molecular weight is 66.1 g/mol. The van der Waals surface area contributed by atoms with Crippen LogP contribution in [0.3, 0.4) is 0 Å². The summed E-state index contributed by atoms with van der Waals surface area (Å²) in [6.45, 7) is 1.21. The molecule has 0 fully saturated rings. The lowest BCUT2D eigenvalue weighted by molar-refractivity contribution is 0.527. The monoisotopic (exact) mass is 66.0 g/mol. The van der Waals surface area contributed by atoms with Crippen molar-refractivity contribution in [3.05, 3.63) is 0 Å². The molecule has 0 aliphatic carbocycles. The quantitative estimate of drug-likeness (QED) is 0.385. The molecule has 0 rings (SSSR count). The van der Waals surface area contributed by atoms with Crippen molar-refractivity contribution in [1.82, 2.24) is 0 Å². The standard InChI is InChI=1S/C2H5F.H2O/c1-2-3;/h2H2,1H3;1H2. The summed E-state index contributed by atoms with van der Waals surface area (Å²) in [5, 5.41) is 0. The molecular formula is C2H7FO. The Morgan fingerprint density at radius 1 is 1.75 bits per heavy atom. The lowest BCUT2D eigenvalue weighted by Crippen LogP contribution is -1.40. The van der Waals surface area contributed by atoms with Crippen LogP contribution in [0.5, 0.6) is 0 Å². The van der Waals surface area contributed by atoms with Crippen LogP contribution in [0, 0.1) is 0 Å². The van der Waals surface area contributed by atoms with Crippen LogP contribution in [0.2, 0.25) is 0 Å². The average Bonchev–Trinajstić information content (AvgIpc) is 0.918. The van der Waals surface area contributed by atoms with Crippen LogP contribution in [0.15, 0.2) is 0 Å². The Labute approximate surface area is 24.8 Å². The molecule has 0 amide bonds. The number of halogens is 1. The number of hydrogen-bond donors (Lipinski definition) is 0. The molecule has 2 N–H and O–H groups in total. The summed E-state index contributed by atoms with van der Waals surface area (Å²) in [5.74, 6) is 0. The van der Waals surface area contributed by atoms with Crippen molar-refractivity contribution >= 4 is 0 Å². The maximum absolute atomic E-state index is 10.3. The van der Waals surface area contributed by atoms with Gasteiger partial charge in [-0.1, -0.05) is 0 Å². The van der Waals surface area contributed by atoms with Crippen molar-refractivity contribution < 1.29 is 9.87 Å². The third-order valence-corrected chi connectivity index (χ3v) is 0. The van der Waals surface area contributed by atoms with Gasteiger partial charge in [0.05, 0.1) is 6.67 Å². The molecule has 2 heteroatoms. The van der Waals surface area contributed by atoms with Gasteiger partial charge in [0.2, 0.25) is 0 Å². The van der Waals surface area contributed by atoms with Crippen LogP contribution in [0.1, 0.15) is 6.92 Å². The van der Waals surface area contributed by atoms with Crippen LogP contribution in [-0.4, -0.2) is 12.2 Å². The fourth-order valence-electron chi connectivity index (χ4n) is 0. The normalized spacial score (nSPS) is 4.50. The molecule has 0 aromatic carbocycles. The van der Waals surface area contributed by atoms with Gasteiger partial charge in [-0.25, -0.2) is 0 Å². The molecule has 0 aliphatic rings. The fourth-order valence-corrected chi connectivity index (χ4v) is 0. The first-order valence-electron chi connectivity index (χ1n) is 0.974. The van der Waals surface area contributed by atoms with Gasteiger partial charge < -0.3 is 5.48 Å². The minimum absolute atomic E-state index is 0. The van der Waals surface area contributed by atoms with E-state index in [-0.39, 0.29) is 12.2 Å². The maximum Gasteiger partial charge on any atom is 0.0866 e. The second-order valence-electron chi connectivity index (χ2n) is 0.267. The molecule has 0 spiro atoms. The van der Waals surface area contributed by atoms with E-state index in [2.05, 4.69) is 0 Å². The van der Waals surface area contributed by atoms with Crippen molar-refractivity contribution in [3.8, 4) is 0 Å². The van der Waals surface area contributed by atoms with E-state index >= 15 is 0 Å². The van der Waals surface area contributed by atoms with Gasteiger partial charge in [-0.05, 0) is 6.92 Å². The summed E-state index contributed by atoms with van der Waals surface area (Å²) in [7, 11) is 0. The van der Waals surface area contributed by atoms with E-state index < -0.39 is 0 Å². The molecule has 0 saturated heterocycles. The molecule has 0 bridgehead atoms. The van der Waals surface area contributed by atoms with Crippen LogP contribution in [-0.2, 0) is 0 Å². The maximum atomic E-state index is 10.3. The van der Waals surface area contributed by atoms with Gasteiger partial charge in [-0.3, -0.25) is 4.39 Å². The van der Waals surface area contributed by atoms with Crippen molar-refractivity contribution in [3.63, 3.8) is 0 Å². The molecule has 0 aromatic rings. The summed E-state index contributed by atoms with van der Waals surface area (Å²) >= 11 is 0. The predicted molar refractivity (Wildman–Crippen MR) is 15.3 cm³/mol. The Kier molecular flexibility index (Phi) is 29.6. The lowest BCUT2D eigenvalue weighted by atomic mass is 10.9. The lowest BCUT2D eigenvalue weighted by Gasteiger charge is -1.45. The van der Waals surface area contributed by atoms with Crippen molar-refractivity contribution in [1.29, 1.82) is 0 Å². The molecule has 0 saturated carbocycles. The first-order chi connectivity index (χ1) is 1.41. The smallest absolute Gasteiger partial charge is 0.0866 e. The highest BCUT2D eigenvalue weighted by molar-refractivity contribution is 3.86. The van der Waals surface area contributed by atoms with Crippen LogP contribution in [0.25, 0.3) is 0 Å². The van der Waals surface area contributed by atoms with Gasteiger partial charge in [0, 0.05) is 0 Å². The van der Waals surface area contributed by atoms with E-state index in [1.807, 2.05) is 0 Å². The summed E-state index contributed by atoms with van der Waals surface area (Å²) in [6, 6.07) is 0. The largest absolute Gasteiger partial charge is 0.412 e. The Bertz CT molecular complexity index is 6.00. The summed E-state index contributed by atoms with van der Waals surface area (Å²) in [4.78, 5) is 0. The topological polar surface area (TPSA) is 31.5 Å². The molecule has 0 aromatic heterocycles. The Morgan fingerprint density at radius 2 is 1.75 bits per heavy atom. The molecular weight excluding hydrogens is 59.0 g/mol. The minimum atomic E-state index is -0.250. The molecule has 0 radical (unpaired) electrons. The predicted octanol–water partition coefficient (Wildman–Crippen LogP) is 0.151. The van der Waals surface area contributed by atoms with Gasteiger partial charge in [0.15, 0.2) is 0 Å². The Morgan fingerprint density at radius 3 is 1.75 bits per heavy atom. The van der Waals surface area contributed by atoms with Gasteiger partial charge in [0.1, 0.15) is 0 Å². The highest BCUT2D eigenvalue weighted by Gasteiger charge is 1.39. The third kappa shape index (κ3) is 124. The van der Waals surface area contributed by atoms with Crippen molar-refractivity contribution in [2.75, 3.05) is 6.67 Å². The van der Waals surface area contributed by atoms with E-state index in [1.54, 1.807) is 0 Å². The number of rotatable bonds is 0. The molecule has 28 valence electrons. The van der Waals surface area contributed by atoms with Gasteiger partial charge >= 0.3 is 0 Å². The van der Waals surface area contributed by atoms with Gasteiger partial charge in [-0.2, -0.15) is 0 Å². The van der Waals surface area contributed by atoms with E-state index in [0.717, 1.165) is 0 Å². The highest BCUT2D eigenvalue weighted by Crippen LogP contribution is 1.48. The summed E-state index contributed by atoms with van der Waals surface area (Å²) in [5.41, 5.74) is 0. The zero-order chi connectivity index (χ0) is 2.71. The second kappa shape index (κ2) is 13.0. The fraction of sp³-hybridized carbons (Fsp3) is 1.00. The molecule has 0 aliphatic heterocycles. The minimum Gasteiger partial charge on any atom is -0.412 e. The zero-order valence-corrected chi connectivity index (χ0v) is 2.59. The number of alkyl halides is 1. The van der Waals surface area contributed by atoms with Crippen LogP contribution < -0.4 is 0 Å². The van der Waals surface area contributed by atoms with E-state index in [1.165, 1.54) is 6.92 Å². The highest BCUT2D eigenvalue weighted by atomic mass is 19.1.